The van der Waals surface area contributed by atoms with Gasteiger partial charge in [0.25, 0.3) is 0 Å². The second kappa shape index (κ2) is 5.17. The van der Waals surface area contributed by atoms with E-state index in [1.165, 1.54) is 36.4 Å². The highest BCUT2D eigenvalue weighted by molar-refractivity contribution is 9.10. The molecule has 0 aliphatic rings. The summed E-state index contributed by atoms with van der Waals surface area (Å²) in [6.45, 7) is 0. The Kier molecular flexibility index (Phi) is 3.34. The second-order valence-corrected chi connectivity index (χ2v) is 5.00. The number of ether oxygens (including phenoxy) is 1. The molecule has 3 aromatic rings. The van der Waals surface area contributed by atoms with Gasteiger partial charge in [-0.1, -0.05) is 0 Å². The lowest BCUT2D eigenvalue weighted by atomic mass is 10.2. The zero-order valence-corrected chi connectivity index (χ0v) is 11.9. The van der Waals surface area contributed by atoms with Crippen LogP contribution in [0.1, 0.15) is 10.4 Å². The Hall–Kier alpha value is -2.41. The number of hydrogen-bond acceptors (Lipinski definition) is 4. The first-order valence-electron chi connectivity index (χ1n) is 5.80. The topological polar surface area (TPSA) is 72.6 Å². The van der Waals surface area contributed by atoms with Crippen LogP contribution in [0.4, 0.5) is 4.39 Å². The van der Waals surface area contributed by atoms with Gasteiger partial charge in [0.15, 0.2) is 5.58 Å². The molecule has 7 heteroatoms. The summed E-state index contributed by atoms with van der Waals surface area (Å²) in [5.41, 5.74) is 0.858. The van der Waals surface area contributed by atoms with Gasteiger partial charge in [0.05, 0.1) is 10.0 Å². The maximum Gasteiger partial charge on any atom is 0.400 e. The van der Waals surface area contributed by atoms with Crippen molar-refractivity contribution in [2.75, 3.05) is 0 Å². The standard InChI is InChI=1S/C14H7BrFNO4/c15-9-6-8(2-3-10(9)16)20-14-17-11-4-1-7(13(18)19)5-12(11)21-14/h1-6H,(H,18,19). The van der Waals surface area contributed by atoms with Crippen molar-refractivity contribution < 1.29 is 23.4 Å². The molecule has 2 aromatic carbocycles. The Morgan fingerprint density at radius 3 is 2.81 bits per heavy atom. The molecule has 1 heterocycles. The van der Waals surface area contributed by atoms with Gasteiger partial charge >= 0.3 is 12.0 Å². The van der Waals surface area contributed by atoms with E-state index in [2.05, 4.69) is 20.9 Å². The van der Waals surface area contributed by atoms with Crippen molar-refractivity contribution in [1.29, 1.82) is 0 Å². The van der Waals surface area contributed by atoms with Crippen molar-refractivity contribution >= 4 is 33.0 Å². The van der Waals surface area contributed by atoms with Gasteiger partial charge in [0, 0.05) is 0 Å². The number of halogens is 2. The number of aromatic carboxylic acids is 1. The van der Waals surface area contributed by atoms with Gasteiger partial charge < -0.3 is 14.3 Å². The van der Waals surface area contributed by atoms with Gasteiger partial charge in [0.1, 0.15) is 17.1 Å². The monoisotopic (exact) mass is 351 g/mol. The van der Waals surface area contributed by atoms with Crippen molar-refractivity contribution in [2.45, 2.75) is 0 Å². The van der Waals surface area contributed by atoms with Crippen molar-refractivity contribution in [3.8, 4) is 11.8 Å². The fraction of sp³-hybridized carbons (Fsp3) is 0. The van der Waals surface area contributed by atoms with Crippen molar-refractivity contribution in [1.82, 2.24) is 4.98 Å². The summed E-state index contributed by atoms with van der Waals surface area (Å²) in [7, 11) is 0. The smallest absolute Gasteiger partial charge is 0.400 e. The summed E-state index contributed by atoms with van der Waals surface area (Å²) in [6.07, 6.45) is -0.0500. The molecule has 0 atom stereocenters. The lowest BCUT2D eigenvalue weighted by Gasteiger charge is -2.01. The highest BCUT2D eigenvalue weighted by atomic mass is 79.9. The van der Waals surface area contributed by atoms with Gasteiger partial charge in [-0.3, -0.25) is 0 Å². The average molecular weight is 352 g/mol. The van der Waals surface area contributed by atoms with Crippen LogP contribution in [0.3, 0.4) is 0 Å². The van der Waals surface area contributed by atoms with Gasteiger partial charge in [-0.15, -0.1) is 0 Å². The van der Waals surface area contributed by atoms with Crippen molar-refractivity contribution in [3.63, 3.8) is 0 Å². The number of carboxylic acid groups (broad SMARTS) is 1. The van der Waals surface area contributed by atoms with E-state index in [4.69, 9.17) is 14.3 Å². The largest absolute Gasteiger partial charge is 0.478 e. The van der Waals surface area contributed by atoms with Crippen molar-refractivity contribution in [3.05, 3.63) is 52.3 Å². The summed E-state index contributed by atoms with van der Waals surface area (Å²) in [6, 6.07) is 8.41. The molecule has 5 nitrogen and oxygen atoms in total. The van der Waals surface area contributed by atoms with Crippen LogP contribution in [0.25, 0.3) is 11.1 Å². The van der Waals surface area contributed by atoms with Crippen LogP contribution in [-0.2, 0) is 0 Å². The van der Waals surface area contributed by atoms with E-state index >= 15 is 0 Å². The van der Waals surface area contributed by atoms with Crippen LogP contribution in [0.2, 0.25) is 0 Å². The molecule has 1 aromatic heterocycles. The number of carboxylic acids is 1. The SMILES string of the molecule is O=C(O)c1ccc2nc(Oc3ccc(F)c(Br)c3)oc2c1. The molecule has 0 bridgehead atoms. The molecule has 0 spiro atoms. The second-order valence-electron chi connectivity index (χ2n) is 4.15. The summed E-state index contributed by atoms with van der Waals surface area (Å²) >= 11 is 3.05. The normalized spacial score (nSPS) is 10.8. The average Bonchev–Trinajstić information content (AvgIpc) is 2.84. The third-order valence-corrected chi connectivity index (χ3v) is 3.32. The lowest BCUT2D eigenvalue weighted by molar-refractivity contribution is 0.0697. The molecule has 0 amide bonds. The summed E-state index contributed by atoms with van der Waals surface area (Å²) in [5, 5.41) is 8.91. The quantitative estimate of drug-likeness (QED) is 0.764. The van der Waals surface area contributed by atoms with Gasteiger partial charge in [-0.2, -0.15) is 4.98 Å². The molecule has 0 saturated heterocycles. The molecular weight excluding hydrogens is 345 g/mol. The van der Waals surface area contributed by atoms with Gasteiger partial charge in [-0.25, -0.2) is 9.18 Å². The molecule has 0 saturated carbocycles. The number of benzene rings is 2. The molecule has 3 rings (SSSR count). The fourth-order valence-electron chi connectivity index (χ4n) is 1.72. The Morgan fingerprint density at radius 1 is 1.29 bits per heavy atom. The molecule has 0 unspecified atom stereocenters. The van der Waals surface area contributed by atoms with Crippen LogP contribution in [0.15, 0.2) is 45.3 Å². The molecule has 0 aliphatic carbocycles. The van der Waals surface area contributed by atoms with E-state index in [1.807, 2.05) is 0 Å². The summed E-state index contributed by atoms with van der Waals surface area (Å²) < 4.78 is 24.1. The molecule has 0 fully saturated rings. The first-order chi connectivity index (χ1) is 10.0. The highest BCUT2D eigenvalue weighted by Gasteiger charge is 2.12. The van der Waals surface area contributed by atoms with Gasteiger partial charge in [0.2, 0.25) is 0 Å². The van der Waals surface area contributed by atoms with Crippen LogP contribution in [0.5, 0.6) is 11.8 Å². The molecule has 1 N–H and O–H groups in total. The molecular formula is C14H7BrFNO4. The number of oxazole rings is 1. The number of carbonyl (C=O) groups is 1. The molecule has 0 aliphatic heterocycles. The van der Waals surface area contributed by atoms with E-state index in [1.54, 1.807) is 0 Å². The first kappa shape index (κ1) is 13.6. The molecule has 106 valence electrons. The van der Waals surface area contributed by atoms with E-state index in [-0.39, 0.29) is 16.1 Å². The predicted octanol–water partition coefficient (Wildman–Crippen LogP) is 4.22. The van der Waals surface area contributed by atoms with E-state index in [0.717, 1.165) is 0 Å². The van der Waals surface area contributed by atoms with Gasteiger partial charge in [-0.05, 0) is 52.3 Å². The zero-order chi connectivity index (χ0) is 15.0. The van der Waals surface area contributed by atoms with Crippen LogP contribution in [0, 0.1) is 5.82 Å². The number of fused-ring (bicyclic) bond motifs is 1. The van der Waals surface area contributed by atoms with Crippen molar-refractivity contribution in [2.24, 2.45) is 0 Å². The Bertz CT molecular complexity index is 846. The minimum atomic E-state index is -1.06. The summed E-state index contributed by atoms with van der Waals surface area (Å²) in [5.74, 6) is -1.13. The number of hydrogen-bond donors (Lipinski definition) is 1. The van der Waals surface area contributed by atoms with E-state index in [9.17, 15) is 9.18 Å². The maximum absolute atomic E-state index is 13.1. The fourth-order valence-corrected chi connectivity index (χ4v) is 2.08. The summed E-state index contributed by atoms with van der Waals surface area (Å²) in [4.78, 5) is 14.9. The number of rotatable bonds is 3. The third-order valence-electron chi connectivity index (χ3n) is 2.71. The maximum atomic E-state index is 13.1. The molecule has 0 radical (unpaired) electrons. The number of aromatic nitrogens is 1. The van der Waals surface area contributed by atoms with Crippen LogP contribution >= 0.6 is 15.9 Å². The Morgan fingerprint density at radius 2 is 2.10 bits per heavy atom. The van der Waals surface area contributed by atoms with E-state index < -0.39 is 11.8 Å². The van der Waals surface area contributed by atoms with E-state index in [0.29, 0.717) is 16.8 Å². The lowest BCUT2D eigenvalue weighted by Crippen LogP contribution is -1.94. The third kappa shape index (κ3) is 2.73. The minimum absolute atomic E-state index is 0.0500. The Labute approximate surface area is 126 Å². The first-order valence-corrected chi connectivity index (χ1v) is 6.59. The van der Waals surface area contributed by atoms with Crippen LogP contribution < -0.4 is 4.74 Å². The Balaban J connectivity index is 1.93. The minimum Gasteiger partial charge on any atom is -0.478 e. The number of nitrogens with zero attached hydrogens (tertiary/aromatic N) is 1. The molecule has 21 heavy (non-hydrogen) atoms. The zero-order valence-electron chi connectivity index (χ0n) is 10.3. The highest BCUT2D eigenvalue weighted by Crippen LogP contribution is 2.28. The van der Waals surface area contributed by atoms with Crippen LogP contribution in [-0.4, -0.2) is 16.1 Å². The predicted molar refractivity (Wildman–Crippen MR) is 75.1 cm³/mol.